The molecule has 0 spiro atoms. The molecule has 92 valence electrons. The molecule has 0 amide bonds. The second-order valence-electron chi connectivity index (χ2n) is 3.61. The molecule has 0 saturated carbocycles. The number of fused-ring (bicyclic) bond motifs is 1. The maximum absolute atomic E-state index is 11.7. The fraction of sp³-hybridized carbons (Fsp3) is 0.455. The van der Waals surface area contributed by atoms with Crippen molar-refractivity contribution in [2.45, 2.75) is 20.1 Å². The van der Waals surface area contributed by atoms with Crippen LogP contribution in [0.1, 0.15) is 23.0 Å². The highest BCUT2D eigenvalue weighted by atomic mass is 16.5. The van der Waals surface area contributed by atoms with Crippen LogP contribution in [0.3, 0.4) is 0 Å². The number of aromatic nitrogens is 1. The molecule has 0 radical (unpaired) electrons. The third kappa shape index (κ3) is 2.03. The highest BCUT2D eigenvalue weighted by molar-refractivity contribution is 5.93. The van der Waals surface area contributed by atoms with Gasteiger partial charge >= 0.3 is 5.97 Å². The molecule has 0 fully saturated rings. The normalized spacial score (nSPS) is 14.2. The molecule has 2 rings (SSSR count). The summed E-state index contributed by atoms with van der Waals surface area (Å²) in [6, 6.07) is 1.03. The van der Waals surface area contributed by atoms with E-state index in [0.717, 1.165) is 6.07 Å². The van der Waals surface area contributed by atoms with Crippen LogP contribution in [0, 0.1) is 0 Å². The van der Waals surface area contributed by atoms with E-state index in [-0.39, 0.29) is 30.1 Å². The number of ether oxygens (including phenoxy) is 2. The van der Waals surface area contributed by atoms with E-state index in [4.69, 9.17) is 9.47 Å². The first kappa shape index (κ1) is 11.7. The molecule has 0 saturated heterocycles. The van der Waals surface area contributed by atoms with Crippen molar-refractivity contribution in [3.05, 3.63) is 27.7 Å². The molecule has 6 nitrogen and oxygen atoms in total. The molecule has 1 aromatic rings. The summed E-state index contributed by atoms with van der Waals surface area (Å²) in [5, 5.41) is 9.67. The number of nitrogens with zero attached hydrogens (tertiary/aromatic N) is 1. The van der Waals surface area contributed by atoms with Crippen molar-refractivity contribution in [3.8, 4) is 5.75 Å². The third-order valence-corrected chi connectivity index (χ3v) is 2.57. The lowest BCUT2D eigenvalue weighted by Gasteiger charge is -2.21. The van der Waals surface area contributed by atoms with Crippen molar-refractivity contribution in [3.63, 3.8) is 0 Å². The molecule has 1 aliphatic heterocycles. The molecule has 2 heterocycles. The lowest BCUT2D eigenvalue weighted by Crippen LogP contribution is -2.31. The van der Waals surface area contributed by atoms with E-state index in [2.05, 4.69) is 0 Å². The van der Waals surface area contributed by atoms with Gasteiger partial charge in [-0.1, -0.05) is 0 Å². The number of carbonyl (C=O) groups is 1. The van der Waals surface area contributed by atoms with Crippen molar-refractivity contribution in [1.82, 2.24) is 4.57 Å². The van der Waals surface area contributed by atoms with Gasteiger partial charge in [-0.2, -0.15) is 0 Å². The molecular formula is C11H13NO5. The van der Waals surface area contributed by atoms with Crippen molar-refractivity contribution in [2.24, 2.45) is 0 Å². The van der Waals surface area contributed by atoms with E-state index in [1.807, 2.05) is 0 Å². The first-order chi connectivity index (χ1) is 8.15. The van der Waals surface area contributed by atoms with Gasteiger partial charge in [-0.3, -0.25) is 4.79 Å². The zero-order chi connectivity index (χ0) is 12.4. The van der Waals surface area contributed by atoms with Gasteiger partial charge in [0.15, 0.2) is 0 Å². The predicted octanol–water partition coefficient (Wildman–Crippen LogP) is 0.261. The summed E-state index contributed by atoms with van der Waals surface area (Å²) in [5.74, 6) is -0.996. The molecule has 0 aromatic carbocycles. The van der Waals surface area contributed by atoms with Gasteiger partial charge in [0, 0.05) is 12.6 Å². The Morgan fingerprint density at radius 2 is 2.41 bits per heavy atom. The average Bonchev–Trinajstić information content (AvgIpc) is 2.29. The van der Waals surface area contributed by atoms with Gasteiger partial charge in [0.1, 0.15) is 11.3 Å². The highest BCUT2D eigenvalue weighted by Gasteiger charge is 2.24. The maximum atomic E-state index is 11.7. The fourth-order valence-corrected chi connectivity index (χ4v) is 1.83. The number of carbonyl (C=O) groups excluding carboxylic acids is 1. The molecular weight excluding hydrogens is 226 g/mol. The van der Waals surface area contributed by atoms with Crippen molar-refractivity contribution >= 4 is 5.97 Å². The Morgan fingerprint density at radius 1 is 1.65 bits per heavy atom. The molecule has 0 unspecified atom stereocenters. The molecule has 6 heteroatoms. The van der Waals surface area contributed by atoms with Gasteiger partial charge in [-0.15, -0.1) is 0 Å². The molecule has 0 aliphatic carbocycles. The first-order valence-electron chi connectivity index (χ1n) is 5.35. The summed E-state index contributed by atoms with van der Waals surface area (Å²) < 4.78 is 11.5. The fourth-order valence-electron chi connectivity index (χ4n) is 1.83. The lowest BCUT2D eigenvalue weighted by atomic mass is 10.1. The van der Waals surface area contributed by atoms with E-state index < -0.39 is 5.97 Å². The zero-order valence-electron chi connectivity index (χ0n) is 9.43. The predicted molar refractivity (Wildman–Crippen MR) is 58.0 cm³/mol. The summed E-state index contributed by atoms with van der Waals surface area (Å²) in [6.45, 7) is 2.79. The van der Waals surface area contributed by atoms with Crippen LogP contribution in [0.4, 0.5) is 0 Å². The van der Waals surface area contributed by atoms with Gasteiger partial charge in [-0.05, 0) is 6.92 Å². The largest absolute Gasteiger partial charge is 0.507 e. The minimum atomic E-state index is -0.640. The van der Waals surface area contributed by atoms with Gasteiger partial charge in [-0.25, -0.2) is 4.79 Å². The standard InChI is InChI=1S/C11H13NO5/c1-2-17-11(15)10-7-6-16-4-3-12(7)9(14)5-8(10)13/h5,13H,2-4,6H2,1H3. The summed E-state index contributed by atoms with van der Waals surface area (Å²) in [5.41, 5.74) is 0.0553. The van der Waals surface area contributed by atoms with Crippen LogP contribution >= 0.6 is 0 Å². The Labute approximate surface area is 97.4 Å². The number of hydrogen-bond donors (Lipinski definition) is 1. The topological polar surface area (TPSA) is 77.8 Å². The molecule has 0 bridgehead atoms. The van der Waals surface area contributed by atoms with Crippen LogP contribution < -0.4 is 5.56 Å². The number of aromatic hydroxyl groups is 1. The van der Waals surface area contributed by atoms with Crippen LogP contribution in [0.5, 0.6) is 5.75 Å². The van der Waals surface area contributed by atoms with Crippen molar-refractivity contribution in [1.29, 1.82) is 0 Å². The third-order valence-electron chi connectivity index (χ3n) is 2.57. The quantitative estimate of drug-likeness (QED) is 0.749. The number of esters is 1. The Hall–Kier alpha value is -1.82. The van der Waals surface area contributed by atoms with E-state index in [9.17, 15) is 14.7 Å². The van der Waals surface area contributed by atoms with E-state index >= 15 is 0 Å². The Bertz CT molecular complexity index is 505. The number of hydrogen-bond acceptors (Lipinski definition) is 5. The second-order valence-corrected chi connectivity index (χ2v) is 3.61. The van der Waals surface area contributed by atoms with Crippen LogP contribution in [0.25, 0.3) is 0 Å². The molecule has 0 atom stereocenters. The highest BCUT2D eigenvalue weighted by Crippen LogP contribution is 2.22. The van der Waals surface area contributed by atoms with E-state index in [0.29, 0.717) is 18.8 Å². The van der Waals surface area contributed by atoms with Gasteiger partial charge < -0.3 is 19.1 Å². The zero-order valence-corrected chi connectivity index (χ0v) is 9.43. The summed E-state index contributed by atoms with van der Waals surface area (Å²) in [6.07, 6.45) is 0. The van der Waals surface area contributed by atoms with Crippen LogP contribution in [0.2, 0.25) is 0 Å². The SMILES string of the molecule is CCOC(=O)c1c(O)cc(=O)n2c1COCC2. The maximum Gasteiger partial charge on any atom is 0.343 e. The second kappa shape index (κ2) is 4.58. The van der Waals surface area contributed by atoms with E-state index in [1.54, 1.807) is 6.92 Å². The Kier molecular flexibility index (Phi) is 3.14. The van der Waals surface area contributed by atoms with Crippen molar-refractivity contribution < 1.29 is 19.4 Å². The molecule has 17 heavy (non-hydrogen) atoms. The monoisotopic (exact) mass is 239 g/mol. The summed E-state index contributed by atoms with van der Waals surface area (Å²) in [7, 11) is 0. The van der Waals surface area contributed by atoms with Crippen LogP contribution in [-0.4, -0.2) is 28.9 Å². The van der Waals surface area contributed by atoms with Crippen molar-refractivity contribution in [2.75, 3.05) is 13.2 Å². The summed E-state index contributed by atoms with van der Waals surface area (Å²) >= 11 is 0. The minimum absolute atomic E-state index is 0.0196. The summed E-state index contributed by atoms with van der Waals surface area (Å²) in [4.78, 5) is 23.3. The van der Waals surface area contributed by atoms with Gasteiger partial charge in [0.2, 0.25) is 0 Å². The van der Waals surface area contributed by atoms with E-state index in [1.165, 1.54) is 4.57 Å². The van der Waals surface area contributed by atoms with Gasteiger partial charge in [0.05, 0.1) is 25.5 Å². The van der Waals surface area contributed by atoms with Crippen LogP contribution in [0.15, 0.2) is 10.9 Å². The molecule has 1 aliphatic rings. The van der Waals surface area contributed by atoms with Gasteiger partial charge in [0.25, 0.3) is 5.56 Å². The number of rotatable bonds is 2. The smallest absolute Gasteiger partial charge is 0.343 e. The average molecular weight is 239 g/mol. The number of pyridine rings is 1. The molecule has 1 aromatic heterocycles. The first-order valence-corrected chi connectivity index (χ1v) is 5.35. The Morgan fingerprint density at radius 3 is 3.12 bits per heavy atom. The lowest BCUT2D eigenvalue weighted by molar-refractivity contribution is 0.0493. The molecule has 1 N–H and O–H groups in total. The minimum Gasteiger partial charge on any atom is -0.507 e. The Balaban J connectivity index is 2.58. The van der Waals surface area contributed by atoms with Crippen LogP contribution in [-0.2, 0) is 22.6 Å².